The summed E-state index contributed by atoms with van der Waals surface area (Å²) in [6, 6.07) is 0. The van der Waals surface area contributed by atoms with Crippen LogP contribution in [0.2, 0.25) is 0 Å². The van der Waals surface area contributed by atoms with E-state index in [9.17, 15) is 0 Å². The van der Waals surface area contributed by atoms with Gasteiger partial charge in [0, 0.05) is 6.54 Å². The van der Waals surface area contributed by atoms with E-state index >= 15 is 0 Å². The topological polar surface area (TPSA) is 12.0 Å². The molecule has 0 aromatic rings. The Morgan fingerprint density at radius 2 is 2.09 bits per heavy atom. The van der Waals surface area contributed by atoms with Gasteiger partial charge in [-0.15, -0.1) is 0 Å². The largest absolute Gasteiger partial charge is 0.316 e. The summed E-state index contributed by atoms with van der Waals surface area (Å²) in [5.74, 6) is 2.84. The van der Waals surface area contributed by atoms with Crippen molar-refractivity contribution in [1.29, 1.82) is 0 Å². The van der Waals surface area contributed by atoms with Crippen molar-refractivity contribution in [1.82, 2.24) is 5.32 Å². The molecule has 1 heterocycles. The lowest BCUT2D eigenvalue weighted by atomic mass is 9.76. The Labute approximate surface area is 69.6 Å². The van der Waals surface area contributed by atoms with Crippen molar-refractivity contribution in [2.45, 2.75) is 27.2 Å². The molecule has 2 rings (SSSR count). The third kappa shape index (κ3) is 0.868. The van der Waals surface area contributed by atoms with E-state index in [1.807, 2.05) is 0 Å². The van der Waals surface area contributed by atoms with Gasteiger partial charge in [0.15, 0.2) is 0 Å². The maximum atomic E-state index is 3.52. The molecule has 1 heteroatoms. The van der Waals surface area contributed by atoms with Crippen LogP contribution in [0.5, 0.6) is 0 Å². The van der Waals surface area contributed by atoms with Crippen LogP contribution in [0, 0.1) is 23.2 Å². The summed E-state index contributed by atoms with van der Waals surface area (Å²) in [6.07, 6.45) is 1.45. The smallest absolute Gasteiger partial charge is 0.00111 e. The van der Waals surface area contributed by atoms with Crippen LogP contribution in [0.4, 0.5) is 0 Å². The summed E-state index contributed by atoms with van der Waals surface area (Å²) in [4.78, 5) is 0. The Hall–Kier alpha value is -0.0400. The number of nitrogens with one attached hydrogen (secondary N) is 1. The van der Waals surface area contributed by atoms with Crippen molar-refractivity contribution >= 4 is 0 Å². The van der Waals surface area contributed by atoms with Gasteiger partial charge in [-0.05, 0) is 36.1 Å². The molecule has 1 aliphatic heterocycles. The fourth-order valence-corrected chi connectivity index (χ4v) is 3.08. The molecule has 0 aromatic heterocycles. The second-order valence-electron chi connectivity index (χ2n) is 4.84. The molecule has 0 spiro atoms. The minimum Gasteiger partial charge on any atom is -0.316 e. The van der Waals surface area contributed by atoms with E-state index in [4.69, 9.17) is 0 Å². The monoisotopic (exact) mass is 153 g/mol. The van der Waals surface area contributed by atoms with Crippen LogP contribution in [-0.4, -0.2) is 13.1 Å². The van der Waals surface area contributed by atoms with Gasteiger partial charge in [0.05, 0.1) is 0 Å². The van der Waals surface area contributed by atoms with Crippen molar-refractivity contribution in [3.8, 4) is 0 Å². The molecule has 64 valence electrons. The zero-order valence-corrected chi connectivity index (χ0v) is 7.85. The van der Waals surface area contributed by atoms with E-state index in [2.05, 4.69) is 26.1 Å². The van der Waals surface area contributed by atoms with Crippen molar-refractivity contribution < 1.29 is 0 Å². The molecule has 1 N–H and O–H groups in total. The van der Waals surface area contributed by atoms with Crippen LogP contribution >= 0.6 is 0 Å². The predicted molar refractivity (Wildman–Crippen MR) is 47.4 cm³/mol. The van der Waals surface area contributed by atoms with Crippen LogP contribution in [-0.2, 0) is 0 Å². The summed E-state index contributed by atoms with van der Waals surface area (Å²) in [7, 11) is 0. The number of hydrogen-bond acceptors (Lipinski definition) is 1. The molecule has 4 atom stereocenters. The Morgan fingerprint density at radius 1 is 1.36 bits per heavy atom. The van der Waals surface area contributed by atoms with Crippen LogP contribution in [0.3, 0.4) is 0 Å². The average Bonchev–Trinajstić information content (AvgIpc) is 2.39. The molecule has 11 heavy (non-hydrogen) atoms. The fraction of sp³-hybridized carbons (Fsp3) is 1.00. The van der Waals surface area contributed by atoms with Crippen LogP contribution < -0.4 is 5.32 Å². The molecule has 1 saturated heterocycles. The van der Waals surface area contributed by atoms with E-state index in [1.54, 1.807) is 0 Å². The average molecular weight is 153 g/mol. The summed E-state index contributed by atoms with van der Waals surface area (Å²) in [5.41, 5.74) is 0.624. The molecule has 0 aromatic carbocycles. The molecular formula is C10H19N. The first-order chi connectivity index (χ1) is 5.14. The van der Waals surface area contributed by atoms with Gasteiger partial charge in [-0.2, -0.15) is 0 Å². The van der Waals surface area contributed by atoms with Crippen molar-refractivity contribution in [2.24, 2.45) is 23.2 Å². The highest BCUT2D eigenvalue weighted by Crippen LogP contribution is 2.52. The van der Waals surface area contributed by atoms with E-state index < -0.39 is 0 Å². The highest BCUT2D eigenvalue weighted by Gasteiger charge is 2.50. The van der Waals surface area contributed by atoms with E-state index in [0.29, 0.717) is 5.41 Å². The number of rotatable bonds is 0. The van der Waals surface area contributed by atoms with Gasteiger partial charge in [0.1, 0.15) is 0 Å². The minimum absolute atomic E-state index is 0.624. The maximum absolute atomic E-state index is 3.52. The van der Waals surface area contributed by atoms with E-state index in [-0.39, 0.29) is 0 Å². The highest BCUT2D eigenvalue weighted by atomic mass is 14.9. The highest BCUT2D eigenvalue weighted by molar-refractivity contribution is 5.02. The normalized spacial score (nSPS) is 56.5. The summed E-state index contributed by atoms with van der Waals surface area (Å²) >= 11 is 0. The number of hydrogen-bond donors (Lipinski definition) is 1. The van der Waals surface area contributed by atoms with Crippen molar-refractivity contribution in [2.75, 3.05) is 13.1 Å². The molecule has 4 unspecified atom stereocenters. The second kappa shape index (κ2) is 2.22. The van der Waals surface area contributed by atoms with Crippen molar-refractivity contribution in [3.63, 3.8) is 0 Å². The van der Waals surface area contributed by atoms with Gasteiger partial charge in [-0.1, -0.05) is 20.8 Å². The fourth-order valence-electron chi connectivity index (χ4n) is 3.08. The number of fused-ring (bicyclic) bond motifs is 1. The Bertz CT molecular complexity index is 162. The zero-order chi connectivity index (χ0) is 8.06. The van der Waals surface area contributed by atoms with E-state index in [0.717, 1.165) is 17.8 Å². The van der Waals surface area contributed by atoms with Crippen molar-refractivity contribution in [3.05, 3.63) is 0 Å². The third-order valence-corrected chi connectivity index (χ3v) is 4.38. The first kappa shape index (κ1) is 7.60. The molecular weight excluding hydrogens is 134 g/mol. The first-order valence-corrected chi connectivity index (χ1v) is 4.85. The molecule has 1 nitrogen and oxygen atoms in total. The van der Waals surface area contributed by atoms with Gasteiger partial charge < -0.3 is 5.32 Å². The van der Waals surface area contributed by atoms with Gasteiger partial charge in [-0.25, -0.2) is 0 Å². The first-order valence-electron chi connectivity index (χ1n) is 4.85. The van der Waals surface area contributed by atoms with Gasteiger partial charge in [-0.3, -0.25) is 0 Å². The Kier molecular flexibility index (Phi) is 1.54. The second-order valence-corrected chi connectivity index (χ2v) is 4.84. The maximum Gasteiger partial charge on any atom is 0.00111 e. The Balaban J connectivity index is 2.23. The summed E-state index contributed by atoms with van der Waals surface area (Å²) < 4.78 is 0. The standard InChI is InChI=1S/C10H19N/c1-7-4-9-5-11-6-10(9,3)8(7)2/h7-9,11H,4-6H2,1-3H3. The molecule has 2 aliphatic rings. The molecule has 0 amide bonds. The van der Waals surface area contributed by atoms with Crippen LogP contribution in [0.25, 0.3) is 0 Å². The SMILES string of the molecule is CC1CC2CNCC2(C)C1C. The molecule has 2 fully saturated rings. The minimum atomic E-state index is 0.624. The molecule has 0 radical (unpaired) electrons. The van der Waals surface area contributed by atoms with Crippen LogP contribution in [0.1, 0.15) is 27.2 Å². The van der Waals surface area contributed by atoms with Gasteiger partial charge >= 0.3 is 0 Å². The predicted octanol–water partition coefficient (Wildman–Crippen LogP) is 1.89. The van der Waals surface area contributed by atoms with E-state index in [1.165, 1.54) is 19.5 Å². The third-order valence-electron chi connectivity index (χ3n) is 4.38. The molecule has 1 aliphatic carbocycles. The van der Waals surface area contributed by atoms with Gasteiger partial charge in [0.2, 0.25) is 0 Å². The lowest BCUT2D eigenvalue weighted by Crippen LogP contribution is -2.29. The summed E-state index contributed by atoms with van der Waals surface area (Å²) in [6.45, 7) is 9.83. The van der Waals surface area contributed by atoms with Crippen LogP contribution in [0.15, 0.2) is 0 Å². The zero-order valence-electron chi connectivity index (χ0n) is 7.85. The molecule has 1 saturated carbocycles. The lowest BCUT2D eigenvalue weighted by Gasteiger charge is -2.29. The lowest BCUT2D eigenvalue weighted by molar-refractivity contribution is 0.211. The Morgan fingerprint density at radius 3 is 2.73 bits per heavy atom. The quantitative estimate of drug-likeness (QED) is 0.560. The van der Waals surface area contributed by atoms with Gasteiger partial charge in [0.25, 0.3) is 0 Å². The summed E-state index contributed by atoms with van der Waals surface area (Å²) in [5, 5.41) is 3.52. The molecule has 0 bridgehead atoms.